The highest BCUT2D eigenvalue weighted by Gasteiger charge is 1.94. The Balaban J connectivity index is 2.94. The first-order chi connectivity index (χ1) is 5.36. The molecule has 0 radical (unpaired) electrons. The third kappa shape index (κ3) is 0.958. The quantitative estimate of drug-likeness (QED) is 0.557. The Kier molecular flexibility index (Phi) is 1.15. The summed E-state index contributed by atoms with van der Waals surface area (Å²) >= 11 is 0. The summed E-state index contributed by atoms with van der Waals surface area (Å²) in [6, 6.07) is 1.36. The van der Waals surface area contributed by atoms with Crippen molar-refractivity contribution in [1.29, 1.82) is 0 Å². The Morgan fingerprint density at radius 2 is 2.09 bits per heavy atom. The standard InChI is InChI=1S/C6H4N4O/c11-5-3-4-6(10-9-5)8-2-1-7-4/h1-3H,(H,9,11). The van der Waals surface area contributed by atoms with Crippen molar-refractivity contribution in [2.75, 3.05) is 0 Å². The van der Waals surface area contributed by atoms with Gasteiger partial charge in [0.15, 0.2) is 5.65 Å². The van der Waals surface area contributed by atoms with Crippen LogP contribution in [0.2, 0.25) is 0 Å². The fourth-order valence-electron chi connectivity index (χ4n) is 0.794. The van der Waals surface area contributed by atoms with Gasteiger partial charge in [-0.3, -0.25) is 9.78 Å². The Bertz CT molecular complexity index is 436. The van der Waals surface area contributed by atoms with Gasteiger partial charge in [0.1, 0.15) is 5.52 Å². The van der Waals surface area contributed by atoms with Gasteiger partial charge in [-0.25, -0.2) is 10.1 Å². The van der Waals surface area contributed by atoms with Crippen LogP contribution in [0, 0.1) is 0 Å². The molecule has 2 aromatic rings. The van der Waals surface area contributed by atoms with Gasteiger partial charge in [0.2, 0.25) is 0 Å². The van der Waals surface area contributed by atoms with E-state index in [0.29, 0.717) is 11.2 Å². The Labute approximate surface area is 61.1 Å². The second-order valence-electron chi connectivity index (χ2n) is 2.00. The fourth-order valence-corrected chi connectivity index (χ4v) is 0.794. The van der Waals surface area contributed by atoms with E-state index < -0.39 is 0 Å². The zero-order chi connectivity index (χ0) is 7.68. The predicted molar refractivity (Wildman–Crippen MR) is 38.0 cm³/mol. The van der Waals surface area contributed by atoms with E-state index in [9.17, 15) is 4.79 Å². The van der Waals surface area contributed by atoms with E-state index in [0.717, 1.165) is 0 Å². The number of aromatic nitrogens is 4. The summed E-state index contributed by atoms with van der Waals surface area (Å²) in [7, 11) is 0. The van der Waals surface area contributed by atoms with Gasteiger partial charge >= 0.3 is 0 Å². The maximum atomic E-state index is 10.7. The molecule has 54 valence electrons. The number of nitrogens with zero attached hydrogens (tertiary/aromatic N) is 3. The molecule has 0 aliphatic rings. The van der Waals surface area contributed by atoms with Gasteiger partial charge in [-0.15, -0.1) is 0 Å². The van der Waals surface area contributed by atoms with Crippen LogP contribution in [0.4, 0.5) is 0 Å². The smallest absolute Gasteiger partial charge is 0.266 e. The minimum atomic E-state index is -0.266. The molecule has 0 atom stereocenters. The number of hydrogen-bond donors (Lipinski definition) is 1. The molecule has 0 aliphatic carbocycles. The van der Waals surface area contributed by atoms with Crippen molar-refractivity contribution < 1.29 is 0 Å². The summed E-state index contributed by atoms with van der Waals surface area (Å²) in [5.74, 6) is 0. The van der Waals surface area contributed by atoms with E-state index >= 15 is 0 Å². The SMILES string of the molecule is O=c1cc2nccnc2n[nH]1. The molecule has 0 aromatic carbocycles. The highest BCUT2D eigenvalue weighted by molar-refractivity contribution is 5.67. The monoisotopic (exact) mass is 148 g/mol. The minimum absolute atomic E-state index is 0.266. The number of rotatable bonds is 0. The van der Waals surface area contributed by atoms with E-state index in [1.165, 1.54) is 18.5 Å². The highest BCUT2D eigenvalue weighted by Crippen LogP contribution is 1.96. The maximum absolute atomic E-state index is 10.7. The number of aromatic amines is 1. The molecule has 0 saturated heterocycles. The van der Waals surface area contributed by atoms with Crippen LogP contribution in [0.3, 0.4) is 0 Å². The van der Waals surface area contributed by atoms with Crippen molar-refractivity contribution >= 4 is 11.2 Å². The number of H-pyrrole nitrogens is 1. The largest absolute Gasteiger partial charge is 0.268 e. The lowest BCUT2D eigenvalue weighted by molar-refractivity contribution is 1.00. The van der Waals surface area contributed by atoms with E-state index in [1.807, 2.05) is 0 Å². The van der Waals surface area contributed by atoms with Crippen LogP contribution in [0.1, 0.15) is 0 Å². The summed E-state index contributed by atoms with van der Waals surface area (Å²) in [4.78, 5) is 18.5. The number of hydrogen-bond acceptors (Lipinski definition) is 4. The molecule has 11 heavy (non-hydrogen) atoms. The molecule has 0 amide bonds. The summed E-state index contributed by atoms with van der Waals surface area (Å²) in [5.41, 5.74) is 0.696. The maximum Gasteiger partial charge on any atom is 0.266 e. The summed E-state index contributed by atoms with van der Waals surface area (Å²) in [5, 5.41) is 5.94. The van der Waals surface area contributed by atoms with E-state index in [1.54, 1.807) is 0 Å². The third-order valence-corrected chi connectivity index (χ3v) is 1.25. The second kappa shape index (κ2) is 2.12. The molecule has 1 N–H and O–H groups in total. The normalized spacial score (nSPS) is 10.2. The number of fused-ring (bicyclic) bond motifs is 1. The van der Waals surface area contributed by atoms with Crippen molar-refractivity contribution in [2.45, 2.75) is 0 Å². The van der Waals surface area contributed by atoms with Gasteiger partial charge < -0.3 is 0 Å². The average molecular weight is 148 g/mol. The molecular weight excluding hydrogens is 144 g/mol. The molecule has 5 heteroatoms. The van der Waals surface area contributed by atoms with Crippen molar-refractivity contribution in [3.63, 3.8) is 0 Å². The van der Waals surface area contributed by atoms with Crippen molar-refractivity contribution in [3.8, 4) is 0 Å². The predicted octanol–water partition coefficient (Wildman–Crippen LogP) is -0.287. The lowest BCUT2D eigenvalue weighted by atomic mass is 10.5. The van der Waals surface area contributed by atoms with E-state index in [-0.39, 0.29) is 5.56 Å². The van der Waals surface area contributed by atoms with Crippen LogP contribution in [0.5, 0.6) is 0 Å². The van der Waals surface area contributed by atoms with Crippen LogP contribution in [-0.2, 0) is 0 Å². The van der Waals surface area contributed by atoms with Crippen LogP contribution in [0.25, 0.3) is 11.2 Å². The lowest BCUT2D eigenvalue weighted by Gasteiger charge is -1.89. The topological polar surface area (TPSA) is 71.5 Å². The first-order valence-electron chi connectivity index (χ1n) is 3.03. The Morgan fingerprint density at radius 3 is 3.00 bits per heavy atom. The molecule has 0 spiro atoms. The van der Waals surface area contributed by atoms with Crippen molar-refractivity contribution in [3.05, 3.63) is 28.8 Å². The van der Waals surface area contributed by atoms with Gasteiger partial charge in [-0.05, 0) is 0 Å². The highest BCUT2D eigenvalue weighted by atomic mass is 16.1. The zero-order valence-corrected chi connectivity index (χ0v) is 5.48. The van der Waals surface area contributed by atoms with Crippen LogP contribution in [-0.4, -0.2) is 20.2 Å². The van der Waals surface area contributed by atoms with E-state index in [2.05, 4.69) is 20.2 Å². The molecule has 2 aromatic heterocycles. The number of nitrogens with one attached hydrogen (secondary N) is 1. The first kappa shape index (κ1) is 5.96. The fraction of sp³-hybridized carbons (Fsp3) is 0. The zero-order valence-electron chi connectivity index (χ0n) is 5.48. The van der Waals surface area contributed by atoms with Crippen LogP contribution < -0.4 is 5.56 Å². The lowest BCUT2D eigenvalue weighted by Crippen LogP contribution is -2.06. The second-order valence-corrected chi connectivity index (χ2v) is 2.00. The molecule has 0 saturated carbocycles. The Morgan fingerprint density at radius 1 is 1.27 bits per heavy atom. The van der Waals surface area contributed by atoms with Gasteiger partial charge in [-0.1, -0.05) is 0 Å². The van der Waals surface area contributed by atoms with Gasteiger partial charge in [0, 0.05) is 18.5 Å². The minimum Gasteiger partial charge on any atom is -0.268 e. The summed E-state index contributed by atoms with van der Waals surface area (Å²) in [6.45, 7) is 0. The van der Waals surface area contributed by atoms with Crippen molar-refractivity contribution in [1.82, 2.24) is 20.2 Å². The molecular formula is C6H4N4O. The van der Waals surface area contributed by atoms with Gasteiger partial charge in [-0.2, -0.15) is 5.10 Å². The van der Waals surface area contributed by atoms with Crippen LogP contribution >= 0.6 is 0 Å². The first-order valence-corrected chi connectivity index (χ1v) is 3.03. The average Bonchev–Trinajstić information content (AvgIpc) is 2.04. The van der Waals surface area contributed by atoms with Crippen molar-refractivity contribution in [2.24, 2.45) is 0 Å². The van der Waals surface area contributed by atoms with Gasteiger partial charge in [0.05, 0.1) is 0 Å². The summed E-state index contributed by atoms with van der Waals surface area (Å²) < 4.78 is 0. The summed E-state index contributed by atoms with van der Waals surface area (Å²) in [6.07, 6.45) is 3.04. The Hall–Kier alpha value is -1.78. The molecule has 2 heterocycles. The molecule has 0 unspecified atom stereocenters. The van der Waals surface area contributed by atoms with Crippen LogP contribution in [0.15, 0.2) is 23.3 Å². The molecule has 0 aliphatic heterocycles. The molecule has 5 nitrogen and oxygen atoms in total. The molecule has 2 rings (SSSR count). The van der Waals surface area contributed by atoms with E-state index in [4.69, 9.17) is 0 Å². The molecule has 0 bridgehead atoms. The third-order valence-electron chi connectivity index (χ3n) is 1.25. The molecule has 0 fully saturated rings. The van der Waals surface area contributed by atoms with Gasteiger partial charge in [0.25, 0.3) is 5.56 Å².